The van der Waals surface area contributed by atoms with Gasteiger partial charge in [-0.05, 0) is 25.0 Å². The van der Waals surface area contributed by atoms with E-state index in [2.05, 4.69) is 5.32 Å². The number of carboxylic acid groups (broad SMARTS) is 2. The second-order valence-corrected chi connectivity index (χ2v) is 4.09. The van der Waals surface area contributed by atoms with Gasteiger partial charge in [0.05, 0.1) is 5.92 Å². The second kappa shape index (κ2) is 6.05. The number of anilines is 1. The fourth-order valence-corrected chi connectivity index (χ4v) is 1.75. The minimum absolute atomic E-state index is 0.454. The van der Waals surface area contributed by atoms with Crippen molar-refractivity contribution >= 4 is 17.6 Å². The molecule has 98 valence electrons. The molecular formula is C13H17NO4. The van der Waals surface area contributed by atoms with Gasteiger partial charge in [-0.25, -0.2) is 0 Å². The van der Waals surface area contributed by atoms with Crippen molar-refractivity contribution in [3.63, 3.8) is 0 Å². The molecule has 0 aliphatic rings. The van der Waals surface area contributed by atoms with Crippen molar-refractivity contribution < 1.29 is 19.8 Å². The van der Waals surface area contributed by atoms with E-state index in [4.69, 9.17) is 10.2 Å². The molecule has 0 fully saturated rings. The average Bonchev–Trinajstić information content (AvgIpc) is 2.31. The summed E-state index contributed by atoms with van der Waals surface area (Å²) in [6.45, 7) is 3.30. The van der Waals surface area contributed by atoms with Gasteiger partial charge in [0.15, 0.2) is 0 Å². The molecule has 18 heavy (non-hydrogen) atoms. The van der Waals surface area contributed by atoms with Crippen LogP contribution in [0.1, 0.15) is 31.7 Å². The highest BCUT2D eigenvalue weighted by molar-refractivity contribution is 5.81. The van der Waals surface area contributed by atoms with E-state index in [9.17, 15) is 9.59 Å². The third-order valence-electron chi connectivity index (χ3n) is 2.78. The minimum Gasteiger partial charge on any atom is -0.481 e. The molecule has 0 aliphatic heterocycles. The van der Waals surface area contributed by atoms with E-state index in [1.54, 1.807) is 31.2 Å². The quantitative estimate of drug-likeness (QED) is 0.721. The smallest absolute Gasteiger partial charge is 0.325 e. The van der Waals surface area contributed by atoms with Crippen molar-refractivity contribution in [2.75, 3.05) is 5.32 Å². The maximum atomic E-state index is 11.2. The third kappa shape index (κ3) is 3.23. The first-order chi connectivity index (χ1) is 8.47. The van der Waals surface area contributed by atoms with Gasteiger partial charge in [0.25, 0.3) is 0 Å². The number of carboxylic acids is 2. The van der Waals surface area contributed by atoms with E-state index in [1.807, 2.05) is 0 Å². The van der Waals surface area contributed by atoms with Crippen LogP contribution in [0.15, 0.2) is 24.3 Å². The summed E-state index contributed by atoms with van der Waals surface area (Å²) in [5.74, 6) is -2.52. The highest BCUT2D eigenvalue weighted by Crippen LogP contribution is 2.27. The van der Waals surface area contributed by atoms with Crippen LogP contribution in [0.4, 0.5) is 5.69 Å². The van der Waals surface area contributed by atoms with Gasteiger partial charge >= 0.3 is 11.9 Å². The average molecular weight is 251 g/mol. The summed E-state index contributed by atoms with van der Waals surface area (Å²) >= 11 is 0. The van der Waals surface area contributed by atoms with Crippen LogP contribution < -0.4 is 5.32 Å². The predicted molar refractivity (Wildman–Crippen MR) is 67.8 cm³/mol. The van der Waals surface area contributed by atoms with Crippen molar-refractivity contribution in [2.24, 2.45) is 0 Å². The Balaban J connectivity index is 3.05. The van der Waals surface area contributed by atoms with Crippen LogP contribution in [0.3, 0.4) is 0 Å². The fourth-order valence-electron chi connectivity index (χ4n) is 1.75. The van der Waals surface area contributed by atoms with Gasteiger partial charge < -0.3 is 15.5 Å². The Labute approximate surface area is 105 Å². The first-order valence-corrected chi connectivity index (χ1v) is 5.78. The van der Waals surface area contributed by atoms with E-state index < -0.39 is 23.9 Å². The maximum absolute atomic E-state index is 11.2. The first-order valence-electron chi connectivity index (χ1n) is 5.78. The summed E-state index contributed by atoms with van der Waals surface area (Å²) in [6, 6.07) is 6.13. The van der Waals surface area contributed by atoms with E-state index in [0.717, 1.165) is 0 Å². The molecule has 1 rings (SSSR count). The molecule has 2 atom stereocenters. The van der Waals surface area contributed by atoms with Gasteiger partial charge in [0.2, 0.25) is 0 Å². The van der Waals surface area contributed by atoms with Crippen molar-refractivity contribution in [3.05, 3.63) is 29.8 Å². The molecule has 0 aliphatic carbocycles. The van der Waals surface area contributed by atoms with Gasteiger partial charge in [-0.1, -0.05) is 25.1 Å². The SMILES string of the molecule is CC[C@H](C(=O)O)c1ccccc1NC(C)C(=O)O. The monoisotopic (exact) mass is 251 g/mol. The number of aliphatic carboxylic acids is 2. The number of nitrogens with one attached hydrogen (secondary N) is 1. The van der Waals surface area contributed by atoms with Crippen LogP contribution in [0.2, 0.25) is 0 Å². The standard InChI is InChI=1S/C13H17NO4/c1-3-9(13(17)18)10-6-4-5-7-11(10)14-8(2)12(15)16/h4-9,14H,3H2,1-2H3,(H,15,16)(H,17,18)/t8?,9-/m0/s1. The number of hydrogen-bond acceptors (Lipinski definition) is 3. The molecule has 0 aromatic heterocycles. The van der Waals surface area contributed by atoms with E-state index in [0.29, 0.717) is 17.7 Å². The molecule has 0 radical (unpaired) electrons. The Morgan fingerprint density at radius 3 is 2.33 bits per heavy atom. The third-order valence-corrected chi connectivity index (χ3v) is 2.78. The predicted octanol–water partition coefficient (Wildman–Crippen LogP) is 2.15. The molecular weight excluding hydrogens is 234 g/mol. The molecule has 3 N–H and O–H groups in total. The summed E-state index contributed by atoms with van der Waals surface area (Å²) < 4.78 is 0. The van der Waals surface area contributed by atoms with Gasteiger partial charge in [-0.15, -0.1) is 0 Å². The lowest BCUT2D eigenvalue weighted by atomic mass is 9.95. The van der Waals surface area contributed by atoms with Crippen molar-refractivity contribution in [1.82, 2.24) is 0 Å². The molecule has 0 saturated carbocycles. The molecule has 1 aromatic carbocycles. The van der Waals surface area contributed by atoms with E-state index in [-0.39, 0.29) is 0 Å². The number of para-hydroxylation sites is 1. The molecule has 0 bridgehead atoms. The number of hydrogen-bond donors (Lipinski definition) is 3. The van der Waals surface area contributed by atoms with Crippen LogP contribution in [0.25, 0.3) is 0 Å². The number of benzene rings is 1. The normalized spacial score (nSPS) is 13.7. The fraction of sp³-hybridized carbons (Fsp3) is 0.385. The lowest BCUT2D eigenvalue weighted by Crippen LogP contribution is -2.26. The summed E-state index contributed by atoms with van der Waals surface area (Å²) in [5.41, 5.74) is 1.17. The van der Waals surface area contributed by atoms with E-state index in [1.165, 1.54) is 6.92 Å². The van der Waals surface area contributed by atoms with E-state index >= 15 is 0 Å². The molecule has 1 aromatic rings. The van der Waals surface area contributed by atoms with Gasteiger partial charge in [0.1, 0.15) is 6.04 Å². The number of carbonyl (C=O) groups is 2. The summed E-state index contributed by atoms with van der Waals surface area (Å²) in [4.78, 5) is 22.0. The van der Waals surface area contributed by atoms with Crippen LogP contribution in [-0.4, -0.2) is 28.2 Å². The molecule has 1 unspecified atom stereocenters. The summed E-state index contributed by atoms with van der Waals surface area (Å²) in [5, 5.41) is 20.8. The highest BCUT2D eigenvalue weighted by Gasteiger charge is 2.21. The molecule has 5 nitrogen and oxygen atoms in total. The molecule has 0 amide bonds. The largest absolute Gasteiger partial charge is 0.481 e. The van der Waals surface area contributed by atoms with Gasteiger partial charge in [-0.3, -0.25) is 9.59 Å². The highest BCUT2D eigenvalue weighted by atomic mass is 16.4. The lowest BCUT2D eigenvalue weighted by molar-refractivity contribution is -0.139. The first kappa shape index (κ1) is 14.0. The molecule has 5 heteroatoms. The minimum atomic E-state index is -0.979. The zero-order valence-corrected chi connectivity index (χ0v) is 10.4. The summed E-state index contributed by atoms with van der Waals surface area (Å²) in [6.07, 6.45) is 0.454. The Bertz CT molecular complexity index is 444. The van der Waals surface area contributed by atoms with Crippen LogP contribution in [0.5, 0.6) is 0 Å². The zero-order chi connectivity index (χ0) is 13.7. The van der Waals surface area contributed by atoms with Crippen LogP contribution in [-0.2, 0) is 9.59 Å². The van der Waals surface area contributed by atoms with Gasteiger partial charge in [-0.2, -0.15) is 0 Å². The number of rotatable bonds is 6. The van der Waals surface area contributed by atoms with Crippen molar-refractivity contribution in [1.29, 1.82) is 0 Å². The van der Waals surface area contributed by atoms with Gasteiger partial charge in [0, 0.05) is 5.69 Å². The van der Waals surface area contributed by atoms with Crippen LogP contribution in [0, 0.1) is 0 Å². The Morgan fingerprint density at radius 1 is 1.22 bits per heavy atom. The maximum Gasteiger partial charge on any atom is 0.325 e. The molecule has 0 heterocycles. The summed E-state index contributed by atoms with van der Waals surface area (Å²) in [7, 11) is 0. The van der Waals surface area contributed by atoms with Crippen LogP contribution >= 0.6 is 0 Å². The Kier molecular flexibility index (Phi) is 4.71. The Hall–Kier alpha value is -2.04. The topological polar surface area (TPSA) is 86.6 Å². The molecule has 0 spiro atoms. The van der Waals surface area contributed by atoms with Crippen molar-refractivity contribution in [2.45, 2.75) is 32.2 Å². The second-order valence-electron chi connectivity index (χ2n) is 4.09. The lowest BCUT2D eigenvalue weighted by Gasteiger charge is -2.18. The van der Waals surface area contributed by atoms with Crippen molar-refractivity contribution in [3.8, 4) is 0 Å². The molecule has 0 saturated heterocycles. The Morgan fingerprint density at radius 2 is 1.83 bits per heavy atom. The zero-order valence-electron chi connectivity index (χ0n) is 10.4.